The normalized spacial score (nSPS) is 10.4. The Morgan fingerprint density at radius 3 is 2.50 bits per heavy atom. The molecule has 1 aromatic carbocycles. The second-order valence-corrected chi connectivity index (χ2v) is 2.19. The molecule has 66 valence electrons. The van der Waals surface area contributed by atoms with E-state index in [4.69, 9.17) is 0 Å². The number of benzene rings is 1. The summed E-state index contributed by atoms with van der Waals surface area (Å²) in [4.78, 5) is 0. The fourth-order valence-electron chi connectivity index (χ4n) is 0.865. The lowest BCUT2D eigenvalue weighted by Crippen LogP contribution is -1.92. The monoisotopic (exact) mass is 176 g/mol. The van der Waals surface area contributed by atoms with Crippen LogP contribution >= 0.6 is 0 Å². The van der Waals surface area contributed by atoms with Gasteiger partial charge in [0, 0.05) is 6.07 Å². The van der Waals surface area contributed by atoms with Gasteiger partial charge in [0.25, 0.3) is 6.43 Å². The standard InChI is InChI=1S/C8H7F3O/c1-12-7-4-5(9)2-3-6(7)8(10)11/h2-4,8H,1H3. The zero-order valence-corrected chi connectivity index (χ0v) is 6.35. The van der Waals surface area contributed by atoms with E-state index in [9.17, 15) is 13.2 Å². The first-order valence-electron chi connectivity index (χ1n) is 3.26. The molecule has 0 amide bonds. The summed E-state index contributed by atoms with van der Waals surface area (Å²) in [5.74, 6) is -0.707. The van der Waals surface area contributed by atoms with E-state index in [1.165, 1.54) is 7.11 Å². The number of halogens is 3. The van der Waals surface area contributed by atoms with E-state index in [1.54, 1.807) is 0 Å². The Labute approximate surface area is 67.8 Å². The number of ether oxygens (including phenoxy) is 1. The van der Waals surface area contributed by atoms with E-state index in [-0.39, 0.29) is 11.3 Å². The first kappa shape index (κ1) is 8.90. The third-order valence-electron chi connectivity index (χ3n) is 1.43. The molecule has 0 fully saturated rings. The second kappa shape index (κ2) is 3.47. The van der Waals surface area contributed by atoms with Gasteiger partial charge in [-0.15, -0.1) is 0 Å². The van der Waals surface area contributed by atoms with Crippen molar-refractivity contribution >= 4 is 0 Å². The van der Waals surface area contributed by atoms with Crippen LogP contribution in [-0.2, 0) is 0 Å². The van der Waals surface area contributed by atoms with Crippen molar-refractivity contribution in [1.29, 1.82) is 0 Å². The lowest BCUT2D eigenvalue weighted by molar-refractivity contribution is 0.147. The van der Waals surface area contributed by atoms with Crippen LogP contribution in [0.3, 0.4) is 0 Å². The summed E-state index contributed by atoms with van der Waals surface area (Å²) in [6.45, 7) is 0. The van der Waals surface area contributed by atoms with Gasteiger partial charge in [-0.1, -0.05) is 0 Å². The van der Waals surface area contributed by atoms with Gasteiger partial charge in [-0.2, -0.15) is 0 Å². The van der Waals surface area contributed by atoms with Crippen LogP contribution in [0.2, 0.25) is 0 Å². The Balaban J connectivity index is 3.11. The molecule has 4 heteroatoms. The van der Waals surface area contributed by atoms with Crippen LogP contribution in [-0.4, -0.2) is 7.11 Å². The highest BCUT2D eigenvalue weighted by molar-refractivity contribution is 5.34. The number of rotatable bonds is 2. The van der Waals surface area contributed by atoms with Crippen molar-refractivity contribution in [2.45, 2.75) is 6.43 Å². The first-order chi connectivity index (χ1) is 5.65. The molecule has 0 heterocycles. The van der Waals surface area contributed by atoms with Crippen molar-refractivity contribution in [2.75, 3.05) is 7.11 Å². The molecule has 0 aliphatic heterocycles. The lowest BCUT2D eigenvalue weighted by Gasteiger charge is -2.06. The topological polar surface area (TPSA) is 9.23 Å². The first-order valence-corrected chi connectivity index (χ1v) is 3.26. The van der Waals surface area contributed by atoms with E-state index in [1.807, 2.05) is 0 Å². The summed E-state index contributed by atoms with van der Waals surface area (Å²) in [6, 6.07) is 2.92. The molecule has 0 aliphatic rings. The molecule has 0 spiro atoms. The summed E-state index contributed by atoms with van der Waals surface area (Å²) in [5, 5.41) is 0. The fraction of sp³-hybridized carbons (Fsp3) is 0.250. The minimum absolute atomic E-state index is 0.120. The van der Waals surface area contributed by atoms with Crippen LogP contribution in [0.15, 0.2) is 18.2 Å². The number of hydrogen-bond donors (Lipinski definition) is 0. The highest BCUT2D eigenvalue weighted by Crippen LogP contribution is 2.28. The zero-order valence-electron chi connectivity index (χ0n) is 6.35. The molecule has 1 aromatic rings. The minimum Gasteiger partial charge on any atom is -0.496 e. The molecular weight excluding hydrogens is 169 g/mol. The summed E-state index contributed by atoms with van der Waals surface area (Å²) < 4.78 is 41.3. The van der Waals surface area contributed by atoms with Gasteiger partial charge in [-0.05, 0) is 12.1 Å². The quantitative estimate of drug-likeness (QED) is 0.673. The molecule has 0 saturated heterocycles. The van der Waals surface area contributed by atoms with Gasteiger partial charge in [0.05, 0.1) is 12.7 Å². The van der Waals surface area contributed by atoms with Crippen LogP contribution in [0.4, 0.5) is 13.2 Å². The molecule has 0 radical (unpaired) electrons. The van der Waals surface area contributed by atoms with Crippen molar-refractivity contribution in [3.63, 3.8) is 0 Å². The SMILES string of the molecule is COc1cc(F)ccc1C(F)F. The molecule has 0 aromatic heterocycles. The van der Waals surface area contributed by atoms with Crippen LogP contribution in [0, 0.1) is 5.82 Å². The van der Waals surface area contributed by atoms with E-state index in [2.05, 4.69) is 4.74 Å². The largest absolute Gasteiger partial charge is 0.496 e. The lowest BCUT2D eigenvalue weighted by atomic mass is 10.2. The molecular formula is C8H7F3O. The molecule has 0 aliphatic carbocycles. The van der Waals surface area contributed by atoms with Gasteiger partial charge in [0.1, 0.15) is 11.6 Å². The smallest absolute Gasteiger partial charge is 0.267 e. The number of hydrogen-bond acceptors (Lipinski definition) is 1. The Hall–Kier alpha value is -1.19. The van der Waals surface area contributed by atoms with Gasteiger partial charge in [-0.25, -0.2) is 13.2 Å². The highest BCUT2D eigenvalue weighted by atomic mass is 19.3. The third kappa shape index (κ3) is 1.69. The molecule has 1 nitrogen and oxygen atoms in total. The van der Waals surface area contributed by atoms with Gasteiger partial charge in [0.15, 0.2) is 0 Å². The Morgan fingerprint density at radius 2 is 2.00 bits per heavy atom. The van der Waals surface area contributed by atoms with Crippen molar-refractivity contribution < 1.29 is 17.9 Å². The summed E-state index contributed by atoms with van der Waals surface area (Å²) in [7, 11) is 1.22. The molecule has 0 N–H and O–H groups in total. The highest BCUT2D eigenvalue weighted by Gasteiger charge is 2.13. The van der Waals surface area contributed by atoms with Gasteiger partial charge in [0.2, 0.25) is 0 Å². The maximum Gasteiger partial charge on any atom is 0.267 e. The predicted molar refractivity (Wildman–Crippen MR) is 37.9 cm³/mol. The average molecular weight is 176 g/mol. The zero-order chi connectivity index (χ0) is 9.14. The van der Waals surface area contributed by atoms with E-state index in [0.717, 1.165) is 18.2 Å². The molecule has 0 unspecified atom stereocenters. The fourth-order valence-corrected chi connectivity index (χ4v) is 0.865. The van der Waals surface area contributed by atoms with Crippen molar-refractivity contribution in [3.05, 3.63) is 29.6 Å². The second-order valence-electron chi connectivity index (χ2n) is 2.19. The van der Waals surface area contributed by atoms with Crippen molar-refractivity contribution in [3.8, 4) is 5.75 Å². The van der Waals surface area contributed by atoms with Crippen molar-refractivity contribution in [2.24, 2.45) is 0 Å². The summed E-state index contributed by atoms with van der Waals surface area (Å²) >= 11 is 0. The molecule has 12 heavy (non-hydrogen) atoms. The molecule has 0 bridgehead atoms. The maximum absolute atomic E-state index is 12.5. The average Bonchev–Trinajstić information content (AvgIpc) is 2.03. The maximum atomic E-state index is 12.5. The van der Waals surface area contributed by atoms with Crippen LogP contribution in [0.1, 0.15) is 12.0 Å². The van der Waals surface area contributed by atoms with Gasteiger partial charge >= 0.3 is 0 Å². The predicted octanol–water partition coefficient (Wildman–Crippen LogP) is 2.77. The summed E-state index contributed by atoms with van der Waals surface area (Å²) in [5.41, 5.74) is -0.293. The summed E-state index contributed by atoms with van der Waals surface area (Å²) in [6.07, 6.45) is -2.64. The minimum atomic E-state index is -2.64. The Kier molecular flexibility index (Phi) is 2.58. The van der Waals surface area contributed by atoms with E-state index in [0.29, 0.717) is 0 Å². The van der Waals surface area contributed by atoms with Crippen LogP contribution in [0.5, 0.6) is 5.75 Å². The van der Waals surface area contributed by atoms with E-state index < -0.39 is 12.2 Å². The molecule has 0 saturated carbocycles. The Bertz CT molecular complexity index is 273. The number of alkyl halides is 2. The van der Waals surface area contributed by atoms with Crippen LogP contribution in [0.25, 0.3) is 0 Å². The molecule has 1 rings (SSSR count). The third-order valence-corrected chi connectivity index (χ3v) is 1.43. The van der Waals surface area contributed by atoms with Crippen LogP contribution < -0.4 is 4.74 Å². The van der Waals surface area contributed by atoms with Crippen molar-refractivity contribution in [1.82, 2.24) is 0 Å². The molecule has 0 atom stereocenters. The number of methoxy groups -OCH3 is 1. The van der Waals surface area contributed by atoms with Gasteiger partial charge < -0.3 is 4.74 Å². The van der Waals surface area contributed by atoms with Gasteiger partial charge in [-0.3, -0.25) is 0 Å². The Morgan fingerprint density at radius 1 is 1.33 bits per heavy atom. The van der Waals surface area contributed by atoms with E-state index >= 15 is 0 Å².